The lowest BCUT2D eigenvalue weighted by molar-refractivity contribution is 0.0463. The summed E-state index contributed by atoms with van der Waals surface area (Å²) in [4.78, 5) is 2.66. The largest absolute Gasteiger partial charge is 0.468 e. The van der Waals surface area contributed by atoms with Crippen LogP contribution in [-0.2, 0) is 6.54 Å². The van der Waals surface area contributed by atoms with Crippen molar-refractivity contribution in [2.24, 2.45) is 11.8 Å². The Kier molecular flexibility index (Phi) is 5.06. The highest BCUT2D eigenvalue weighted by Crippen LogP contribution is 2.28. The minimum Gasteiger partial charge on any atom is -0.468 e. The third-order valence-corrected chi connectivity index (χ3v) is 4.53. The summed E-state index contributed by atoms with van der Waals surface area (Å²) >= 11 is 0. The minimum atomic E-state index is 0.579. The van der Waals surface area contributed by atoms with Crippen molar-refractivity contribution in [1.82, 2.24) is 10.2 Å². The summed E-state index contributed by atoms with van der Waals surface area (Å²) < 4.78 is 5.34. The summed E-state index contributed by atoms with van der Waals surface area (Å²) in [6.07, 6.45) is 3.10. The average Bonchev–Trinajstić information content (AvgIpc) is 2.86. The lowest BCUT2D eigenvalue weighted by Gasteiger charge is -2.44. The smallest absolute Gasteiger partial charge is 0.117 e. The molecule has 1 aromatic heterocycles. The van der Waals surface area contributed by atoms with Crippen molar-refractivity contribution in [3.8, 4) is 0 Å². The molecule has 1 fully saturated rings. The number of rotatable bonds is 5. The van der Waals surface area contributed by atoms with E-state index in [4.69, 9.17) is 4.42 Å². The molecule has 0 radical (unpaired) electrons. The van der Waals surface area contributed by atoms with Crippen LogP contribution in [0.5, 0.6) is 0 Å². The molecule has 3 heteroatoms. The topological polar surface area (TPSA) is 28.4 Å². The van der Waals surface area contributed by atoms with Gasteiger partial charge in [0.05, 0.1) is 12.8 Å². The van der Waals surface area contributed by atoms with E-state index >= 15 is 0 Å². The van der Waals surface area contributed by atoms with Crippen molar-refractivity contribution in [1.29, 1.82) is 0 Å². The fraction of sp³-hybridized carbons (Fsp3) is 0.750. The van der Waals surface area contributed by atoms with Crippen LogP contribution in [0.15, 0.2) is 22.8 Å². The van der Waals surface area contributed by atoms with Gasteiger partial charge in [0, 0.05) is 25.2 Å². The van der Waals surface area contributed by atoms with Crippen molar-refractivity contribution in [3.63, 3.8) is 0 Å². The Morgan fingerprint density at radius 1 is 1.42 bits per heavy atom. The average molecular weight is 264 g/mol. The molecule has 1 aliphatic heterocycles. The molecule has 1 aromatic rings. The molecule has 3 nitrogen and oxygen atoms in total. The number of furan rings is 1. The summed E-state index contributed by atoms with van der Waals surface area (Å²) in [6.45, 7) is 12.5. The first-order valence-corrected chi connectivity index (χ1v) is 7.56. The Bertz CT molecular complexity index is 363. The van der Waals surface area contributed by atoms with Crippen molar-refractivity contribution in [3.05, 3.63) is 24.2 Å². The number of nitrogens with zero attached hydrogens (tertiary/aromatic N) is 1. The van der Waals surface area contributed by atoms with Gasteiger partial charge in [0.25, 0.3) is 0 Å². The molecule has 0 aromatic carbocycles. The highest BCUT2D eigenvalue weighted by atomic mass is 16.3. The van der Waals surface area contributed by atoms with Gasteiger partial charge in [0.2, 0.25) is 0 Å². The second kappa shape index (κ2) is 6.58. The monoisotopic (exact) mass is 264 g/mol. The van der Waals surface area contributed by atoms with E-state index in [0.717, 1.165) is 30.7 Å². The fourth-order valence-electron chi connectivity index (χ4n) is 3.28. The van der Waals surface area contributed by atoms with Gasteiger partial charge in [0.1, 0.15) is 5.76 Å². The molecule has 2 heterocycles. The van der Waals surface area contributed by atoms with Crippen molar-refractivity contribution >= 4 is 0 Å². The van der Waals surface area contributed by atoms with Crippen molar-refractivity contribution in [2.45, 2.75) is 52.7 Å². The molecular formula is C16H28N2O. The molecule has 1 saturated heterocycles. The van der Waals surface area contributed by atoms with Gasteiger partial charge in [-0.2, -0.15) is 0 Å². The molecule has 2 rings (SSSR count). The first-order chi connectivity index (χ1) is 9.08. The van der Waals surface area contributed by atoms with E-state index < -0.39 is 0 Å². The third-order valence-electron chi connectivity index (χ3n) is 4.53. The molecule has 19 heavy (non-hydrogen) atoms. The van der Waals surface area contributed by atoms with Gasteiger partial charge in [-0.05, 0) is 44.2 Å². The molecule has 4 unspecified atom stereocenters. The summed E-state index contributed by atoms with van der Waals surface area (Å²) in [5.74, 6) is 2.63. The van der Waals surface area contributed by atoms with E-state index in [-0.39, 0.29) is 0 Å². The maximum absolute atomic E-state index is 5.34. The van der Waals surface area contributed by atoms with Crippen LogP contribution < -0.4 is 5.32 Å². The summed E-state index contributed by atoms with van der Waals surface area (Å²) in [6, 6.07) is 5.23. The van der Waals surface area contributed by atoms with Crippen LogP contribution in [0, 0.1) is 11.8 Å². The van der Waals surface area contributed by atoms with Crippen LogP contribution in [0.4, 0.5) is 0 Å². The summed E-state index contributed by atoms with van der Waals surface area (Å²) in [7, 11) is 0. The summed E-state index contributed by atoms with van der Waals surface area (Å²) in [5, 5.41) is 3.50. The Balaban J connectivity index is 1.79. The molecule has 108 valence electrons. The van der Waals surface area contributed by atoms with Crippen LogP contribution >= 0.6 is 0 Å². The van der Waals surface area contributed by atoms with Crippen LogP contribution in [0.3, 0.4) is 0 Å². The minimum absolute atomic E-state index is 0.579. The number of nitrogens with one attached hydrogen (secondary N) is 1. The van der Waals surface area contributed by atoms with Crippen molar-refractivity contribution < 1.29 is 4.42 Å². The van der Waals surface area contributed by atoms with Gasteiger partial charge in [-0.1, -0.05) is 13.8 Å². The normalized spacial score (nSPS) is 30.4. The predicted molar refractivity (Wildman–Crippen MR) is 79.0 cm³/mol. The SMILES string of the molecule is CC1CC(C)C(C)N(C(C)CNCc2ccco2)C1. The third kappa shape index (κ3) is 3.83. The van der Waals surface area contributed by atoms with Gasteiger partial charge in [-0.15, -0.1) is 0 Å². The van der Waals surface area contributed by atoms with E-state index in [2.05, 4.69) is 37.9 Å². The highest BCUT2D eigenvalue weighted by molar-refractivity contribution is 4.97. The molecule has 0 amide bonds. The molecule has 0 saturated carbocycles. The van der Waals surface area contributed by atoms with Gasteiger partial charge in [0.15, 0.2) is 0 Å². The second-order valence-corrected chi connectivity index (χ2v) is 6.31. The standard InChI is InChI=1S/C16H28N2O/c1-12-8-13(2)15(4)18(11-12)14(3)9-17-10-16-6-5-7-19-16/h5-7,12-15,17H,8-11H2,1-4H3. The predicted octanol–water partition coefficient (Wildman–Crippen LogP) is 3.12. The van der Waals surface area contributed by atoms with Crippen LogP contribution in [0.1, 0.15) is 39.9 Å². The Labute approximate surface area is 117 Å². The summed E-state index contributed by atoms with van der Waals surface area (Å²) in [5.41, 5.74) is 0. The van der Waals surface area contributed by atoms with Gasteiger partial charge >= 0.3 is 0 Å². The van der Waals surface area contributed by atoms with Crippen LogP contribution in [0.25, 0.3) is 0 Å². The zero-order valence-electron chi connectivity index (χ0n) is 12.7. The number of likely N-dealkylation sites (tertiary alicyclic amines) is 1. The fourth-order valence-corrected chi connectivity index (χ4v) is 3.28. The lowest BCUT2D eigenvalue weighted by atomic mass is 9.85. The number of piperidine rings is 1. The molecule has 1 N–H and O–H groups in total. The van der Waals surface area contributed by atoms with E-state index in [1.165, 1.54) is 13.0 Å². The Morgan fingerprint density at radius 2 is 2.21 bits per heavy atom. The number of hydrogen-bond donors (Lipinski definition) is 1. The number of hydrogen-bond acceptors (Lipinski definition) is 3. The zero-order chi connectivity index (χ0) is 13.8. The molecule has 0 aliphatic carbocycles. The lowest BCUT2D eigenvalue weighted by Crippen LogP contribution is -2.52. The second-order valence-electron chi connectivity index (χ2n) is 6.31. The molecule has 0 spiro atoms. The first kappa shape index (κ1) is 14.6. The first-order valence-electron chi connectivity index (χ1n) is 7.56. The molecule has 1 aliphatic rings. The van der Waals surface area contributed by atoms with Gasteiger partial charge in [-0.3, -0.25) is 4.90 Å². The van der Waals surface area contributed by atoms with E-state index in [1.807, 2.05) is 12.1 Å². The zero-order valence-corrected chi connectivity index (χ0v) is 12.7. The quantitative estimate of drug-likeness (QED) is 0.885. The molecule has 4 atom stereocenters. The highest BCUT2D eigenvalue weighted by Gasteiger charge is 2.31. The molecule has 0 bridgehead atoms. The maximum Gasteiger partial charge on any atom is 0.117 e. The Morgan fingerprint density at radius 3 is 2.89 bits per heavy atom. The Hall–Kier alpha value is -0.800. The van der Waals surface area contributed by atoms with Crippen molar-refractivity contribution in [2.75, 3.05) is 13.1 Å². The maximum atomic E-state index is 5.34. The van der Waals surface area contributed by atoms with E-state index in [0.29, 0.717) is 12.1 Å². The van der Waals surface area contributed by atoms with E-state index in [9.17, 15) is 0 Å². The van der Waals surface area contributed by atoms with Gasteiger partial charge < -0.3 is 9.73 Å². The van der Waals surface area contributed by atoms with E-state index in [1.54, 1.807) is 6.26 Å². The van der Waals surface area contributed by atoms with Crippen LogP contribution in [0.2, 0.25) is 0 Å². The molecular weight excluding hydrogens is 236 g/mol. The van der Waals surface area contributed by atoms with Gasteiger partial charge in [-0.25, -0.2) is 0 Å². The van der Waals surface area contributed by atoms with Crippen LogP contribution in [-0.4, -0.2) is 30.1 Å².